The molecule has 0 bridgehead atoms. The number of nitrogens with two attached hydrogens (primary N) is 1. The molecule has 0 heterocycles. The minimum Gasteiger partial charge on any atom is -0.225 e. The predicted octanol–water partition coefficient (Wildman–Crippen LogP) is 3.44. The van der Waals surface area contributed by atoms with Gasteiger partial charge in [0.05, 0.1) is 10.5 Å². The Hall–Kier alpha value is -1.57. The summed E-state index contributed by atoms with van der Waals surface area (Å²) in [5, 5.41) is 4.94. The van der Waals surface area contributed by atoms with E-state index in [4.69, 9.17) is 5.14 Å². The molecule has 0 aliphatic carbocycles. The van der Waals surface area contributed by atoms with Crippen molar-refractivity contribution >= 4 is 22.4 Å². The maximum Gasteiger partial charge on any atom is 0.417 e. The summed E-state index contributed by atoms with van der Waals surface area (Å²) < 4.78 is 60.9. The van der Waals surface area contributed by atoms with Crippen LogP contribution in [-0.4, -0.2) is 8.42 Å². The molecule has 0 saturated carbocycles. The summed E-state index contributed by atoms with van der Waals surface area (Å²) in [6, 6.07) is 10.0. The third kappa shape index (κ3) is 3.96. The molecule has 2 aromatic carbocycles. The number of benzene rings is 2. The van der Waals surface area contributed by atoms with Crippen LogP contribution < -0.4 is 5.14 Å². The lowest BCUT2D eigenvalue weighted by Crippen LogP contribution is -2.12. The fourth-order valence-corrected chi connectivity index (χ4v) is 2.32. The van der Waals surface area contributed by atoms with Gasteiger partial charge in [0.2, 0.25) is 10.0 Å². The minimum atomic E-state index is -4.48. The van der Waals surface area contributed by atoms with Gasteiger partial charge in [-0.1, -0.05) is 30.3 Å². The summed E-state index contributed by atoms with van der Waals surface area (Å²) in [5.41, 5.74) is -0.519. The van der Waals surface area contributed by atoms with Crippen molar-refractivity contribution in [2.24, 2.45) is 5.14 Å². The molecule has 21 heavy (non-hydrogen) atoms. The highest BCUT2D eigenvalue weighted by Crippen LogP contribution is 2.36. The quantitative estimate of drug-likeness (QED) is 0.912. The van der Waals surface area contributed by atoms with Crippen LogP contribution in [0.15, 0.2) is 53.4 Å². The zero-order valence-electron chi connectivity index (χ0n) is 10.5. The Bertz CT molecular complexity index is 728. The Labute approximate surface area is 126 Å². The summed E-state index contributed by atoms with van der Waals surface area (Å²) in [5.74, 6) is 0. The van der Waals surface area contributed by atoms with Gasteiger partial charge in [0, 0.05) is 0 Å². The second-order valence-corrected chi connectivity index (χ2v) is 5.67. The van der Waals surface area contributed by atoms with Crippen LogP contribution in [-0.2, 0) is 16.2 Å². The van der Waals surface area contributed by atoms with E-state index in [1.54, 1.807) is 0 Å². The maximum atomic E-state index is 12.9. The maximum absolute atomic E-state index is 12.9. The molecule has 2 N–H and O–H groups in total. The van der Waals surface area contributed by atoms with Crippen molar-refractivity contribution in [3.8, 4) is 11.1 Å². The predicted molar refractivity (Wildman–Crippen MR) is 75.5 cm³/mol. The number of halogens is 4. The van der Waals surface area contributed by atoms with E-state index in [2.05, 4.69) is 0 Å². The van der Waals surface area contributed by atoms with E-state index in [1.807, 2.05) is 0 Å². The van der Waals surface area contributed by atoms with Gasteiger partial charge in [-0.3, -0.25) is 0 Å². The van der Waals surface area contributed by atoms with E-state index in [0.29, 0.717) is 0 Å². The summed E-state index contributed by atoms with van der Waals surface area (Å²) >= 11 is 0. The molecule has 0 aromatic heterocycles. The number of rotatable bonds is 2. The molecule has 3 nitrogen and oxygen atoms in total. The Morgan fingerprint density at radius 2 is 1.43 bits per heavy atom. The largest absolute Gasteiger partial charge is 0.417 e. The fraction of sp³-hybridized carbons (Fsp3) is 0.0769. The lowest BCUT2D eigenvalue weighted by atomic mass is 9.99. The van der Waals surface area contributed by atoms with Crippen molar-refractivity contribution in [3.05, 3.63) is 54.1 Å². The van der Waals surface area contributed by atoms with E-state index in [0.717, 1.165) is 6.07 Å². The molecular formula is C13H11ClF3NO2S. The molecule has 2 rings (SSSR count). The number of hydrogen-bond donors (Lipinski definition) is 1. The molecule has 0 spiro atoms. The van der Waals surface area contributed by atoms with Crippen LogP contribution in [0.2, 0.25) is 0 Å². The van der Waals surface area contributed by atoms with E-state index in [1.165, 1.54) is 42.5 Å². The number of hydrogen-bond acceptors (Lipinski definition) is 2. The molecular weight excluding hydrogens is 327 g/mol. The number of primary sulfonamides is 1. The topological polar surface area (TPSA) is 60.2 Å². The molecule has 2 aromatic rings. The van der Waals surface area contributed by atoms with Gasteiger partial charge < -0.3 is 0 Å². The molecule has 114 valence electrons. The fourth-order valence-electron chi connectivity index (χ4n) is 1.81. The third-order valence-electron chi connectivity index (χ3n) is 2.73. The van der Waals surface area contributed by atoms with Crippen LogP contribution in [0.4, 0.5) is 13.2 Å². The molecule has 0 aliphatic rings. The molecule has 0 fully saturated rings. The van der Waals surface area contributed by atoms with Gasteiger partial charge in [-0.2, -0.15) is 13.2 Å². The van der Waals surface area contributed by atoms with Gasteiger partial charge in [0.25, 0.3) is 0 Å². The van der Waals surface area contributed by atoms with Gasteiger partial charge in [0.15, 0.2) is 0 Å². The SMILES string of the molecule is Cl.NS(=O)(=O)c1ccc(-c2ccccc2C(F)(F)F)cc1. The Morgan fingerprint density at radius 1 is 0.905 bits per heavy atom. The van der Waals surface area contributed by atoms with E-state index in [-0.39, 0.29) is 28.4 Å². The standard InChI is InChI=1S/C13H10F3NO2S.ClH/c14-13(15,16)12-4-2-1-3-11(12)9-5-7-10(8-6-9)20(17,18)19;/h1-8H,(H2,17,18,19);1H. The Morgan fingerprint density at radius 3 is 1.90 bits per heavy atom. The lowest BCUT2D eigenvalue weighted by molar-refractivity contribution is -0.137. The van der Waals surface area contributed by atoms with E-state index >= 15 is 0 Å². The highest BCUT2D eigenvalue weighted by atomic mass is 35.5. The highest BCUT2D eigenvalue weighted by molar-refractivity contribution is 7.89. The summed E-state index contributed by atoms with van der Waals surface area (Å²) in [4.78, 5) is -0.147. The molecule has 0 unspecified atom stereocenters. The van der Waals surface area contributed by atoms with E-state index in [9.17, 15) is 21.6 Å². The van der Waals surface area contributed by atoms with Crippen LogP contribution >= 0.6 is 12.4 Å². The summed E-state index contributed by atoms with van der Waals surface area (Å²) in [6.07, 6.45) is -4.48. The highest BCUT2D eigenvalue weighted by Gasteiger charge is 2.33. The third-order valence-corrected chi connectivity index (χ3v) is 3.66. The van der Waals surface area contributed by atoms with Crippen molar-refractivity contribution in [1.82, 2.24) is 0 Å². The van der Waals surface area contributed by atoms with Crippen LogP contribution in [0.5, 0.6) is 0 Å². The van der Waals surface area contributed by atoms with Crippen molar-refractivity contribution in [2.45, 2.75) is 11.1 Å². The molecule has 0 radical (unpaired) electrons. The zero-order valence-corrected chi connectivity index (χ0v) is 12.1. The van der Waals surface area contributed by atoms with Crippen LogP contribution in [0.3, 0.4) is 0 Å². The van der Waals surface area contributed by atoms with Crippen molar-refractivity contribution < 1.29 is 21.6 Å². The first kappa shape index (κ1) is 17.5. The smallest absolute Gasteiger partial charge is 0.225 e. The second kappa shape index (κ2) is 6.05. The summed E-state index contributed by atoms with van der Waals surface area (Å²) in [6.45, 7) is 0. The second-order valence-electron chi connectivity index (χ2n) is 4.11. The Kier molecular flexibility index (Phi) is 5.03. The summed E-state index contributed by atoms with van der Waals surface area (Å²) in [7, 11) is -3.86. The molecule has 0 amide bonds. The first-order chi connectivity index (χ1) is 9.19. The molecule has 0 atom stereocenters. The van der Waals surface area contributed by atoms with Gasteiger partial charge in [0.1, 0.15) is 0 Å². The van der Waals surface area contributed by atoms with Crippen LogP contribution in [0.1, 0.15) is 5.56 Å². The molecule has 0 saturated heterocycles. The van der Waals surface area contributed by atoms with Crippen LogP contribution in [0.25, 0.3) is 11.1 Å². The average Bonchev–Trinajstić information content (AvgIpc) is 2.37. The zero-order chi connectivity index (χ0) is 15.0. The first-order valence-electron chi connectivity index (χ1n) is 5.49. The average molecular weight is 338 g/mol. The van der Waals surface area contributed by atoms with Gasteiger partial charge in [-0.15, -0.1) is 12.4 Å². The first-order valence-corrected chi connectivity index (χ1v) is 7.04. The molecule has 0 aliphatic heterocycles. The Balaban J connectivity index is 0.00000220. The van der Waals surface area contributed by atoms with Crippen molar-refractivity contribution in [2.75, 3.05) is 0 Å². The molecule has 8 heteroatoms. The minimum absolute atomic E-state index is 0. The van der Waals surface area contributed by atoms with Gasteiger partial charge in [-0.25, -0.2) is 13.6 Å². The van der Waals surface area contributed by atoms with Crippen molar-refractivity contribution in [1.29, 1.82) is 0 Å². The number of sulfonamides is 1. The lowest BCUT2D eigenvalue weighted by Gasteiger charge is -2.12. The van der Waals surface area contributed by atoms with Crippen LogP contribution in [0, 0.1) is 0 Å². The monoisotopic (exact) mass is 337 g/mol. The number of alkyl halides is 3. The normalized spacial score (nSPS) is 11.8. The van der Waals surface area contributed by atoms with Gasteiger partial charge in [-0.05, 0) is 29.3 Å². The van der Waals surface area contributed by atoms with Gasteiger partial charge >= 0.3 is 6.18 Å². The van der Waals surface area contributed by atoms with E-state index < -0.39 is 21.8 Å². The van der Waals surface area contributed by atoms with Crippen molar-refractivity contribution in [3.63, 3.8) is 0 Å².